The van der Waals surface area contributed by atoms with Crippen molar-refractivity contribution in [1.82, 2.24) is 4.57 Å². The van der Waals surface area contributed by atoms with Crippen LogP contribution in [0.25, 0.3) is 33.6 Å². The Morgan fingerprint density at radius 3 is 1.72 bits per heavy atom. The minimum absolute atomic E-state index is 0.336. The summed E-state index contributed by atoms with van der Waals surface area (Å²) in [4.78, 5) is 14.2. The van der Waals surface area contributed by atoms with E-state index in [2.05, 4.69) is 4.57 Å². The first-order valence-electron chi connectivity index (χ1n) is 14.0. The molecule has 9 nitrogen and oxygen atoms in total. The number of fused-ring (bicyclic) bond motifs is 3. The molecular weight excluding hydrogens is 550 g/mol. The van der Waals surface area contributed by atoms with Crippen molar-refractivity contribution in [3.8, 4) is 68.1 Å². The van der Waals surface area contributed by atoms with E-state index in [-0.39, 0.29) is 6.10 Å². The second-order valence-electron chi connectivity index (χ2n) is 10.3. The van der Waals surface area contributed by atoms with Crippen molar-refractivity contribution in [1.29, 1.82) is 0 Å². The van der Waals surface area contributed by atoms with Gasteiger partial charge in [-0.3, -0.25) is 0 Å². The molecule has 9 heteroatoms. The van der Waals surface area contributed by atoms with Crippen molar-refractivity contribution in [2.24, 2.45) is 0 Å². The molecule has 0 atom stereocenters. The fourth-order valence-electron chi connectivity index (χ4n) is 5.73. The molecule has 0 amide bonds. The van der Waals surface area contributed by atoms with Gasteiger partial charge in [0.2, 0.25) is 0 Å². The van der Waals surface area contributed by atoms with E-state index in [9.17, 15) is 4.79 Å². The van der Waals surface area contributed by atoms with Gasteiger partial charge in [-0.1, -0.05) is 6.07 Å². The van der Waals surface area contributed by atoms with Crippen LogP contribution in [0.5, 0.6) is 34.5 Å². The molecule has 43 heavy (non-hydrogen) atoms. The summed E-state index contributed by atoms with van der Waals surface area (Å²) in [5.41, 5.74) is 6.28. The smallest absolute Gasteiger partial charge is 0.341 e. The number of rotatable bonds is 10. The quantitative estimate of drug-likeness (QED) is 0.190. The van der Waals surface area contributed by atoms with Gasteiger partial charge in [0, 0.05) is 23.2 Å². The van der Waals surface area contributed by atoms with Crippen LogP contribution in [0.1, 0.15) is 29.8 Å². The molecule has 0 radical (unpaired) electrons. The third-order valence-corrected chi connectivity index (χ3v) is 7.61. The summed E-state index contributed by atoms with van der Waals surface area (Å²) < 4.78 is 41.8. The van der Waals surface area contributed by atoms with Crippen molar-refractivity contribution >= 4 is 5.97 Å². The van der Waals surface area contributed by atoms with Crippen LogP contribution in [0.4, 0.5) is 0 Å². The Labute approximate surface area is 251 Å². The Hall–Kier alpha value is -4.79. The predicted molar refractivity (Wildman–Crippen MR) is 164 cm³/mol. The number of carbonyl (C=O) groups excluding carboxylic acids is 1. The maximum atomic E-state index is 14.2. The van der Waals surface area contributed by atoms with Gasteiger partial charge in [-0.2, -0.15) is 0 Å². The van der Waals surface area contributed by atoms with Crippen LogP contribution >= 0.6 is 0 Å². The number of esters is 1. The number of methoxy groups -OCH3 is 6. The zero-order valence-electron chi connectivity index (χ0n) is 25.8. The molecule has 1 aliphatic heterocycles. The number of nitrogens with zero attached hydrogens (tertiary/aromatic N) is 1. The van der Waals surface area contributed by atoms with Crippen molar-refractivity contribution in [2.75, 3.05) is 42.7 Å². The molecule has 0 fully saturated rings. The van der Waals surface area contributed by atoms with Crippen LogP contribution < -0.4 is 28.4 Å². The standard InChI is InChI=1S/C34H37NO8/c1-19(2)43-34(36)31-30(21-9-11-24(37-3)26(16-21)39-5)33-23-18-29(42-8)28(41-7)15-20(23)13-14-35(33)32(31)22-10-12-25(38-4)27(17-22)40-6/h9-12,15-19H,13-14H2,1-8H3. The molecule has 1 aliphatic rings. The number of hydrogen-bond donors (Lipinski definition) is 0. The average molecular weight is 588 g/mol. The van der Waals surface area contributed by atoms with Crippen molar-refractivity contribution < 1.29 is 38.0 Å². The molecule has 0 bridgehead atoms. The highest BCUT2D eigenvalue weighted by Crippen LogP contribution is 2.50. The lowest BCUT2D eigenvalue weighted by atomic mass is 9.91. The van der Waals surface area contributed by atoms with Gasteiger partial charge in [-0.25, -0.2) is 4.79 Å². The zero-order chi connectivity index (χ0) is 30.8. The van der Waals surface area contributed by atoms with Gasteiger partial charge in [0.25, 0.3) is 0 Å². The van der Waals surface area contributed by atoms with E-state index >= 15 is 0 Å². The number of carbonyl (C=O) groups is 1. The van der Waals surface area contributed by atoms with E-state index < -0.39 is 5.97 Å². The third-order valence-electron chi connectivity index (χ3n) is 7.61. The summed E-state index contributed by atoms with van der Waals surface area (Å²) in [5, 5.41) is 0. The molecular formula is C34H37NO8. The molecule has 226 valence electrons. The molecule has 0 spiro atoms. The van der Waals surface area contributed by atoms with Gasteiger partial charge in [0.15, 0.2) is 34.5 Å². The summed E-state index contributed by atoms with van der Waals surface area (Å²) in [6, 6.07) is 15.3. The van der Waals surface area contributed by atoms with E-state index in [1.165, 1.54) is 0 Å². The summed E-state index contributed by atoms with van der Waals surface area (Å²) >= 11 is 0. The van der Waals surface area contributed by atoms with Crippen LogP contribution in [0.2, 0.25) is 0 Å². The van der Waals surface area contributed by atoms with Crippen molar-refractivity contribution in [3.05, 3.63) is 59.7 Å². The fourth-order valence-corrected chi connectivity index (χ4v) is 5.73. The van der Waals surface area contributed by atoms with E-state index in [1.54, 1.807) is 42.7 Å². The Balaban J connectivity index is 1.94. The first-order valence-corrected chi connectivity index (χ1v) is 14.0. The fraction of sp³-hybridized carbons (Fsp3) is 0.324. The minimum atomic E-state index is -0.437. The molecule has 0 saturated carbocycles. The van der Waals surface area contributed by atoms with Crippen LogP contribution in [0, 0.1) is 0 Å². The van der Waals surface area contributed by atoms with E-state index in [4.69, 9.17) is 33.2 Å². The van der Waals surface area contributed by atoms with Crippen molar-refractivity contribution in [3.63, 3.8) is 0 Å². The summed E-state index contributed by atoms with van der Waals surface area (Å²) in [5.74, 6) is 3.06. The third kappa shape index (κ3) is 5.20. The predicted octanol–water partition coefficient (Wildman–Crippen LogP) is 6.66. The minimum Gasteiger partial charge on any atom is -0.493 e. The van der Waals surface area contributed by atoms with Crippen LogP contribution in [-0.4, -0.2) is 59.3 Å². The van der Waals surface area contributed by atoms with Crippen molar-refractivity contribution in [2.45, 2.75) is 32.9 Å². The largest absolute Gasteiger partial charge is 0.493 e. The molecule has 0 aliphatic carbocycles. The maximum absolute atomic E-state index is 14.2. The molecule has 5 rings (SSSR count). The van der Waals surface area contributed by atoms with Gasteiger partial charge in [0.1, 0.15) is 0 Å². The SMILES string of the molecule is COc1ccc(-c2c(C(=O)OC(C)C)c(-c3ccc(OC)c(OC)c3)n3c2-c2cc(OC)c(OC)cc2CC3)cc1OC. The average Bonchev–Trinajstić information content (AvgIpc) is 3.38. The summed E-state index contributed by atoms with van der Waals surface area (Å²) in [6.45, 7) is 4.29. The molecule has 1 aromatic heterocycles. The second-order valence-corrected chi connectivity index (χ2v) is 10.3. The Morgan fingerprint density at radius 1 is 0.651 bits per heavy atom. The Bertz CT molecular complexity index is 1670. The lowest BCUT2D eigenvalue weighted by Crippen LogP contribution is -2.14. The van der Waals surface area contributed by atoms with Crippen LogP contribution in [-0.2, 0) is 17.7 Å². The molecule has 2 heterocycles. The normalized spacial score (nSPS) is 11.8. The van der Waals surface area contributed by atoms with Gasteiger partial charge >= 0.3 is 5.97 Å². The lowest BCUT2D eigenvalue weighted by Gasteiger charge is -2.24. The highest BCUT2D eigenvalue weighted by Gasteiger charge is 2.35. The van der Waals surface area contributed by atoms with Crippen LogP contribution in [0.3, 0.4) is 0 Å². The van der Waals surface area contributed by atoms with Crippen LogP contribution in [0.15, 0.2) is 48.5 Å². The molecule has 0 unspecified atom stereocenters. The van der Waals surface area contributed by atoms with Gasteiger partial charge < -0.3 is 37.7 Å². The van der Waals surface area contributed by atoms with E-state index in [0.717, 1.165) is 27.9 Å². The zero-order valence-corrected chi connectivity index (χ0v) is 25.8. The van der Waals surface area contributed by atoms with E-state index in [1.807, 2.05) is 62.4 Å². The number of hydrogen-bond acceptors (Lipinski definition) is 8. The number of ether oxygens (including phenoxy) is 7. The van der Waals surface area contributed by atoms with E-state index in [0.29, 0.717) is 64.3 Å². The van der Waals surface area contributed by atoms with Gasteiger partial charge in [-0.05, 0) is 73.9 Å². The molecule has 4 aromatic rings. The maximum Gasteiger partial charge on any atom is 0.341 e. The monoisotopic (exact) mass is 587 g/mol. The summed E-state index contributed by atoms with van der Waals surface area (Å²) in [6.07, 6.45) is 0.374. The molecule has 3 aromatic carbocycles. The summed E-state index contributed by atoms with van der Waals surface area (Å²) in [7, 11) is 9.60. The highest BCUT2D eigenvalue weighted by atomic mass is 16.5. The van der Waals surface area contributed by atoms with Gasteiger partial charge in [0.05, 0.1) is 65.7 Å². The number of benzene rings is 3. The Kier molecular flexibility index (Phi) is 8.43. The highest BCUT2D eigenvalue weighted by molar-refractivity contribution is 6.09. The number of aryl methyl sites for hydroxylation is 1. The number of aromatic nitrogens is 1. The second kappa shape index (κ2) is 12.2. The van der Waals surface area contributed by atoms with Gasteiger partial charge in [-0.15, -0.1) is 0 Å². The molecule has 0 saturated heterocycles. The first kappa shape index (κ1) is 29.7. The topological polar surface area (TPSA) is 86.6 Å². The first-order chi connectivity index (χ1) is 20.8. The Morgan fingerprint density at radius 2 is 1.16 bits per heavy atom. The lowest BCUT2D eigenvalue weighted by molar-refractivity contribution is 0.0379. The molecule has 0 N–H and O–H groups in total.